The van der Waals surface area contributed by atoms with Gasteiger partial charge >= 0.3 is 0 Å². The molecule has 1 atom stereocenters. The highest BCUT2D eigenvalue weighted by atomic mass is 32.2. The van der Waals surface area contributed by atoms with Crippen LogP contribution in [0.25, 0.3) is 0 Å². The van der Waals surface area contributed by atoms with Crippen molar-refractivity contribution in [2.45, 2.75) is 56.7 Å². The van der Waals surface area contributed by atoms with Gasteiger partial charge in [0, 0.05) is 12.3 Å². The second-order valence-electron chi connectivity index (χ2n) is 5.14. The van der Waals surface area contributed by atoms with Crippen molar-refractivity contribution in [1.82, 2.24) is 5.32 Å². The van der Waals surface area contributed by atoms with Gasteiger partial charge < -0.3 is 5.32 Å². The molecule has 0 saturated carbocycles. The Morgan fingerprint density at radius 1 is 1.29 bits per heavy atom. The second-order valence-corrected chi connectivity index (χ2v) is 7.74. The molecule has 0 radical (unpaired) electrons. The molecule has 0 spiro atoms. The molecule has 0 aliphatic rings. The lowest BCUT2D eigenvalue weighted by molar-refractivity contribution is 0.397. The Hall–Kier alpha value is -0.350. The van der Waals surface area contributed by atoms with Gasteiger partial charge in [-0.15, -0.1) is 6.58 Å². The molecule has 0 aliphatic heterocycles. The van der Waals surface area contributed by atoms with Gasteiger partial charge in [-0.2, -0.15) is 0 Å². The summed E-state index contributed by atoms with van der Waals surface area (Å²) in [5.41, 5.74) is 0. The van der Waals surface area contributed by atoms with E-state index in [2.05, 4.69) is 11.9 Å². The maximum absolute atomic E-state index is 11.7. The number of nitrogens with one attached hydrogen (secondary N) is 1. The van der Waals surface area contributed by atoms with Crippen LogP contribution in [-0.2, 0) is 9.84 Å². The summed E-state index contributed by atoms with van der Waals surface area (Å²) in [5.74, 6) is 0. The van der Waals surface area contributed by atoms with E-state index in [0.29, 0.717) is 0 Å². The summed E-state index contributed by atoms with van der Waals surface area (Å²) in [6.45, 7) is 7.29. The predicted molar refractivity (Wildman–Crippen MR) is 75.1 cm³/mol. The van der Waals surface area contributed by atoms with Gasteiger partial charge in [0.1, 0.15) is 0 Å². The van der Waals surface area contributed by atoms with Gasteiger partial charge in [-0.05, 0) is 40.2 Å². The van der Waals surface area contributed by atoms with Gasteiger partial charge in [-0.1, -0.05) is 18.9 Å². The molecule has 0 amide bonds. The maximum Gasteiger partial charge on any atom is 0.154 e. The quantitative estimate of drug-likeness (QED) is 0.512. The van der Waals surface area contributed by atoms with E-state index in [4.69, 9.17) is 0 Å². The Labute approximate surface area is 107 Å². The van der Waals surface area contributed by atoms with Crippen LogP contribution in [0.4, 0.5) is 0 Å². The summed E-state index contributed by atoms with van der Waals surface area (Å²) in [7, 11) is -1.21. The lowest BCUT2D eigenvalue weighted by Gasteiger charge is -2.32. The summed E-state index contributed by atoms with van der Waals surface area (Å²) in [5, 5.41) is 3.14. The van der Waals surface area contributed by atoms with E-state index in [1.54, 1.807) is 13.8 Å². The number of rotatable bonds is 9. The summed E-state index contributed by atoms with van der Waals surface area (Å²) in [6, 6.07) is 0.0150. The highest BCUT2D eigenvalue weighted by Crippen LogP contribution is 2.24. The van der Waals surface area contributed by atoms with Gasteiger partial charge in [0.05, 0.1) is 4.75 Å². The van der Waals surface area contributed by atoms with E-state index in [9.17, 15) is 8.42 Å². The van der Waals surface area contributed by atoms with Crippen molar-refractivity contribution in [2.24, 2.45) is 0 Å². The standard InChI is InChI=1S/C13H27NO2S/c1-6-7-8-9-10-11-12(14-4)13(2,3)17(5,15)16/h6,12,14H,1,7-11H2,2-5H3. The fraction of sp³-hybridized carbons (Fsp3) is 0.846. The highest BCUT2D eigenvalue weighted by molar-refractivity contribution is 7.92. The van der Waals surface area contributed by atoms with Crippen LogP contribution in [0.1, 0.15) is 46.0 Å². The van der Waals surface area contributed by atoms with Gasteiger partial charge in [0.25, 0.3) is 0 Å². The number of hydrogen-bond acceptors (Lipinski definition) is 3. The van der Waals surface area contributed by atoms with Crippen LogP contribution in [0.15, 0.2) is 12.7 Å². The average molecular weight is 261 g/mol. The van der Waals surface area contributed by atoms with E-state index in [0.717, 1.165) is 32.1 Å². The maximum atomic E-state index is 11.7. The minimum Gasteiger partial charge on any atom is -0.315 e. The molecule has 0 saturated heterocycles. The van der Waals surface area contributed by atoms with Crippen LogP contribution < -0.4 is 5.32 Å². The van der Waals surface area contributed by atoms with Crippen LogP contribution in [0, 0.1) is 0 Å². The van der Waals surface area contributed by atoms with Gasteiger partial charge in [0.15, 0.2) is 9.84 Å². The van der Waals surface area contributed by atoms with E-state index in [1.165, 1.54) is 6.26 Å². The molecule has 0 aromatic carbocycles. The van der Waals surface area contributed by atoms with Crippen LogP contribution in [0.5, 0.6) is 0 Å². The SMILES string of the molecule is C=CCCCCCC(NC)C(C)(C)S(C)(=O)=O. The number of sulfone groups is 1. The predicted octanol–water partition coefficient (Wildman–Crippen LogP) is 2.53. The van der Waals surface area contributed by atoms with E-state index >= 15 is 0 Å². The van der Waals surface area contributed by atoms with Gasteiger partial charge in [0.2, 0.25) is 0 Å². The zero-order valence-electron chi connectivity index (χ0n) is 11.6. The molecular formula is C13H27NO2S. The average Bonchev–Trinajstić information content (AvgIpc) is 2.21. The van der Waals surface area contributed by atoms with E-state index in [-0.39, 0.29) is 6.04 Å². The molecule has 0 aliphatic carbocycles. The first kappa shape index (κ1) is 16.6. The molecule has 102 valence electrons. The number of hydrogen-bond donors (Lipinski definition) is 1. The number of unbranched alkanes of at least 4 members (excludes halogenated alkanes) is 3. The normalized spacial score (nSPS) is 14.6. The van der Waals surface area contributed by atoms with Crippen molar-refractivity contribution in [3.63, 3.8) is 0 Å². The largest absolute Gasteiger partial charge is 0.315 e. The molecular weight excluding hydrogens is 234 g/mol. The summed E-state index contributed by atoms with van der Waals surface area (Å²) < 4.78 is 22.8. The Morgan fingerprint density at radius 3 is 2.29 bits per heavy atom. The molecule has 0 bridgehead atoms. The monoisotopic (exact) mass is 261 g/mol. The first-order valence-electron chi connectivity index (χ1n) is 6.25. The Morgan fingerprint density at radius 2 is 1.88 bits per heavy atom. The number of allylic oxidation sites excluding steroid dienone is 1. The van der Waals surface area contributed by atoms with Crippen molar-refractivity contribution < 1.29 is 8.42 Å². The second kappa shape index (κ2) is 7.17. The third kappa shape index (κ3) is 5.21. The molecule has 0 aromatic rings. The zero-order valence-corrected chi connectivity index (χ0v) is 12.4. The van der Waals surface area contributed by atoms with E-state index in [1.807, 2.05) is 13.1 Å². The van der Waals surface area contributed by atoms with Crippen LogP contribution in [0.2, 0.25) is 0 Å². The summed E-state index contributed by atoms with van der Waals surface area (Å²) in [4.78, 5) is 0. The van der Waals surface area contributed by atoms with Crippen molar-refractivity contribution in [3.05, 3.63) is 12.7 Å². The minimum atomic E-state index is -3.04. The molecule has 0 aromatic heterocycles. The first-order valence-corrected chi connectivity index (χ1v) is 8.14. The molecule has 17 heavy (non-hydrogen) atoms. The fourth-order valence-corrected chi connectivity index (χ4v) is 2.66. The van der Waals surface area contributed by atoms with Crippen molar-refractivity contribution in [2.75, 3.05) is 13.3 Å². The first-order chi connectivity index (χ1) is 7.77. The van der Waals surface area contributed by atoms with Crippen LogP contribution >= 0.6 is 0 Å². The third-order valence-corrected chi connectivity index (χ3v) is 5.74. The molecule has 0 heterocycles. The molecule has 4 heteroatoms. The molecule has 0 fully saturated rings. The molecule has 1 unspecified atom stereocenters. The van der Waals surface area contributed by atoms with E-state index < -0.39 is 14.6 Å². The lowest BCUT2D eigenvalue weighted by Crippen LogP contribution is -2.50. The minimum absolute atomic E-state index is 0.0150. The summed E-state index contributed by atoms with van der Waals surface area (Å²) in [6.07, 6.45) is 8.50. The van der Waals surface area contributed by atoms with Crippen molar-refractivity contribution in [1.29, 1.82) is 0 Å². The fourth-order valence-electron chi connectivity index (χ4n) is 1.91. The smallest absolute Gasteiger partial charge is 0.154 e. The van der Waals surface area contributed by atoms with Crippen LogP contribution in [-0.4, -0.2) is 32.5 Å². The third-order valence-electron chi connectivity index (χ3n) is 3.54. The highest BCUT2D eigenvalue weighted by Gasteiger charge is 2.37. The Bertz CT molecular complexity index is 320. The molecule has 3 nitrogen and oxygen atoms in total. The summed E-state index contributed by atoms with van der Waals surface area (Å²) >= 11 is 0. The Balaban J connectivity index is 4.29. The van der Waals surface area contributed by atoms with Crippen molar-refractivity contribution in [3.8, 4) is 0 Å². The van der Waals surface area contributed by atoms with Gasteiger partial charge in [-0.3, -0.25) is 0 Å². The Kier molecular flexibility index (Phi) is 7.02. The van der Waals surface area contributed by atoms with Gasteiger partial charge in [-0.25, -0.2) is 8.42 Å². The molecule has 1 N–H and O–H groups in total. The lowest BCUT2D eigenvalue weighted by atomic mass is 9.97. The van der Waals surface area contributed by atoms with Crippen LogP contribution in [0.3, 0.4) is 0 Å². The molecule has 0 rings (SSSR count). The zero-order chi connectivity index (χ0) is 13.5. The topological polar surface area (TPSA) is 46.2 Å². The van der Waals surface area contributed by atoms with Crippen molar-refractivity contribution >= 4 is 9.84 Å².